The first-order valence-corrected chi connectivity index (χ1v) is 7.29. The molecule has 1 heterocycles. The van der Waals surface area contributed by atoms with Gasteiger partial charge in [-0.1, -0.05) is 6.07 Å². The molecule has 1 unspecified atom stereocenters. The fraction of sp³-hybridized carbons (Fsp3) is 0.267. The van der Waals surface area contributed by atoms with Gasteiger partial charge in [-0.25, -0.2) is 8.78 Å². The van der Waals surface area contributed by atoms with Gasteiger partial charge in [-0.2, -0.15) is 11.3 Å². The Morgan fingerprint density at radius 3 is 2.57 bits per heavy atom. The summed E-state index contributed by atoms with van der Waals surface area (Å²) < 4.78 is 26.9. The molecule has 0 aliphatic heterocycles. The predicted molar refractivity (Wildman–Crippen MR) is 77.0 cm³/mol. The summed E-state index contributed by atoms with van der Waals surface area (Å²) in [5, 5.41) is 16.3. The first kappa shape index (κ1) is 15.6. The molecule has 1 atom stereocenters. The second-order valence-electron chi connectivity index (χ2n) is 4.94. The van der Waals surface area contributed by atoms with Crippen LogP contribution in [0, 0.1) is 11.6 Å². The molecule has 112 valence electrons. The average Bonchev–Trinajstić information content (AvgIpc) is 2.96. The number of thiophene rings is 1. The fourth-order valence-corrected chi connectivity index (χ4v) is 2.65. The third kappa shape index (κ3) is 3.86. The Labute approximate surface area is 125 Å². The van der Waals surface area contributed by atoms with E-state index >= 15 is 0 Å². The number of benzene rings is 1. The number of rotatable bonds is 5. The summed E-state index contributed by atoms with van der Waals surface area (Å²) in [6.45, 7) is 1.54. The van der Waals surface area contributed by atoms with Gasteiger partial charge in [0.25, 0.3) is 0 Å². The van der Waals surface area contributed by atoms with E-state index in [1.165, 1.54) is 17.4 Å². The lowest BCUT2D eigenvalue weighted by Crippen LogP contribution is -2.39. The Morgan fingerprint density at radius 2 is 2.00 bits per heavy atom. The summed E-state index contributed by atoms with van der Waals surface area (Å²) >= 11 is 1.44. The second-order valence-corrected chi connectivity index (χ2v) is 5.72. The van der Waals surface area contributed by atoms with Crippen LogP contribution in [0.5, 0.6) is 0 Å². The quantitative estimate of drug-likeness (QED) is 0.892. The number of carbonyl (C=O) groups excluding carboxylic acids is 1. The van der Waals surface area contributed by atoms with Crippen molar-refractivity contribution in [3.8, 4) is 0 Å². The van der Waals surface area contributed by atoms with Gasteiger partial charge in [0.1, 0.15) is 17.2 Å². The van der Waals surface area contributed by atoms with Crippen molar-refractivity contribution in [2.75, 3.05) is 6.54 Å². The summed E-state index contributed by atoms with van der Waals surface area (Å²) in [6, 6.07) is 5.21. The lowest BCUT2D eigenvalue weighted by Gasteiger charge is -2.22. The van der Waals surface area contributed by atoms with Crippen molar-refractivity contribution in [3.05, 3.63) is 57.8 Å². The molecular formula is C15H15F2NO2S. The Morgan fingerprint density at radius 1 is 1.33 bits per heavy atom. The highest BCUT2D eigenvalue weighted by atomic mass is 32.1. The molecule has 6 heteroatoms. The lowest BCUT2D eigenvalue weighted by atomic mass is 9.99. The molecule has 0 fully saturated rings. The average molecular weight is 311 g/mol. The van der Waals surface area contributed by atoms with E-state index in [0.29, 0.717) is 5.56 Å². The van der Waals surface area contributed by atoms with Crippen LogP contribution in [0.4, 0.5) is 8.78 Å². The zero-order chi connectivity index (χ0) is 15.5. The largest absolute Gasteiger partial charge is 0.384 e. The number of nitrogens with one attached hydrogen (secondary N) is 1. The van der Waals surface area contributed by atoms with E-state index in [1.54, 1.807) is 18.4 Å². The van der Waals surface area contributed by atoms with Crippen molar-refractivity contribution >= 4 is 17.2 Å². The van der Waals surface area contributed by atoms with Crippen LogP contribution in [0.1, 0.15) is 18.1 Å². The molecule has 1 aromatic carbocycles. The molecule has 1 aromatic heterocycles. The minimum absolute atomic E-state index is 0.0291. The van der Waals surface area contributed by atoms with Crippen LogP contribution in [-0.2, 0) is 16.8 Å². The van der Waals surface area contributed by atoms with Crippen LogP contribution in [0.15, 0.2) is 35.0 Å². The molecular weight excluding hydrogens is 296 g/mol. The summed E-state index contributed by atoms with van der Waals surface area (Å²) in [5.41, 5.74) is -0.807. The van der Waals surface area contributed by atoms with E-state index in [-0.39, 0.29) is 12.1 Å². The highest BCUT2D eigenvalue weighted by Gasteiger charge is 2.24. The van der Waals surface area contributed by atoms with Crippen molar-refractivity contribution in [2.24, 2.45) is 0 Å². The monoisotopic (exact) mass is 311 g/mol. The van der Waals surface area contributed by atoms with Gasteiger partial charge in [-0.05, 0) is 41.4 Å². The van der Waals surface area contributed by atoms with E-state index < -0.39 is 29.6 Å². The van der Waals surface area contributed by atoms with Crippen molar-refractivity contribution in [2.45, 2.75) is 18.9 Å². The van der Waals surface area contributed by atoms with E-state index in [9.17, 15) is 18.7 Å². The Kier molecular flexibility index (Phi) is 4.69. The van der Waals surface area contributed by atoms with Gasteiger partial charge in [0.05, 0.1) is 13.0 Å². The molecule has 0 aliphatic rings. The van der Waals surface area contributed by atoms with E-state index in [2.05, 4.69) is 5.32 Å². The van der Waals surface area contributed by atoms with Gasteiger partial charge in [0.15, 0.2) is 0 Å². The molecule has 1 amide bonds. The van der Waals surface area contributed by atoms with Crippen LogP contribution in [0.25, 0.3) is 0 Å². The van der Waals surface area contributed by atoms with Gasteiger partial charge >= 0.3 is 0 Å². The molecule has 0 saturated carbocycles. The minimum atomic E-state index is -1.22. The van der Waals surface area contributed by atoms with Gasteiger partial charge in [0.2, 0.25) is 5.91 Å². The molecule has 2 rings (SSSR count). The first-order valence-electron chi connectivity index (χ1n) is 6.35. The summed E-state index contributed by atoms with van der Waals surface area (Å²) in [5.74, 6) is -2.06. The third-order valence-corrected chi connectivity index (χ3v) is 3.86. The zero-order valence-corrected chi connectivity index (χ0v) is 12.2. The molecule has 0 spiro atoms. The van der Waals surface area contributed by atoms with Crippen LogP contribution in [0.2, 0.25) is 0 Å². The molecule has 0 bridgehead atoms. The SMILES string of the molecule is CC(O)(CNC(=O)Cc1c(F)cccc1F)c1ccsc1. The zero-order valence-electron chi connectivity index (χ0n) is 11.4. The normalized spacial score (nSPS) is 13.7. The van der Waals surface area contributed by atoms with Gasteiger partial charge in [0, 0.05) is 5.56 Å². The van der Waals surface area contributed by atoms with Crippen LogP contribution in [-0.4, -0.2) is 17.6 Å². The second kappa shape index (κ2) is 6.32. The smallest absolute Gasteiger partial charge is 0.224 e. The molecule has 2 N–H and O–H groups in total. The molecule has 2 aromatic rings. The molecule has 0 saturated heterocycles. The van der Waals surface area contributed by atoms with Gasteiger partial charge in [-0.3, -0.25) is 4.79 Å². The van der Waals surface area contributed by atoms with E-state index in [1.807, 2.05) is 5.38 Å². The van der Waals surface area contributed by atoms with Crippen LogP contribution >= 0.6 is 11.3 Å². The number of halogens is 2. The van der Waals surface area contributed by atoms with E-state index in [0.717, 1.165) is 12.1 Å². The standard InChI is InChI=1S/C15H15F2NO2S/c1-15(20,10-5-6-21-8-10)9-18-14(19)7-11-12(16)3-2-4-13(11)17/h2-6,8,20H,7,9H2,1H3,(H,18,19). The van der Waals surface area contributed by atoms with E-state index in [4.69, 9.17) is 0 Å². The topological polar surface area (TPSA) is 49.3 Å². The van der Waals surface area contributed by atoms with Gasteiger partial charge in [-0.15, -0.1) is 0 Å². The Hall–Kier alpha value is -1.79. The number of amides is 1. The number of hydrogen-bond acceptors (Lipinski definition) is 3. The highest BCUT2D eigenvalue weighted by molar-refractivity contribution is 7.08. The molecule has 0 radical (unpaired) electrons. The highest BCUT2D eigenvalue weighted by Crippen LogP contribution is 2.22. The maximum atomic E-state index is 13.4. The van der Waals surface area contributed by atoms with Crippen molar-refractivity contribution in [1.82, 2.24) is 5.32 Å². The van der Waals surface area contributed by atoms with Crippen LogP contribution in [0.3, 0.4) is 0 Å². The third-order valence-electron chi connectivity index (χ3n) is 3.17. The van der Waals surface area contributed by atoms with Crippen molar-refractivity contribution in [3.63, 3.8) is 0 Å². The fourth-order valence-electron chi connectivity index (χ4n) is 1.87. The maximum absolute atomic E-state index is 13.4. The number of hydrogen-bond donors (Lipinski definition) is 2. The predicted octanol–water partition coefficient (Wildman–Crippen LogP) is 2.59. The number of aliphatic hydroxyl groups is 1. The minimum Gasteiger partial charge on any atom is -0.384 e. The molecule has 0 aliphatic carbocycles. The summed E-state index contributed by atoms with van der Waals surface area (Å²) in [4.78, 5) is 11.8. The lowest BCUT2D eigenvalue weighted by molar-refractivity contribution is -0.121. The summed E-state index contributed by atoms with van der Waals surface area (Å²) in [6.07, 6.45) is -0.405. The Balaban J connectivity index is 1.97. The Bertz CT molecular complexity index is 606. The van der Waals surface area contributed by atoms with Crippen molar-refractivity contribution in [1.29, 1.82) is 0 Å². The first-order chi connectivity index (χ1) is 9.90. The molecule has 21 heavy (non-hydrogen) atoms. The van der Waals surface area contributed by atoms with Crippen LogP contribution < -0.4 is 5.32 Å². The molecule has 3 nitrogen and oxygen atoms in total. The maximum Gasteiger partial charge on any atom is 0.224 e. The van der Waals surface area contributed by atoms with Gasteiger partial charge < -0.3 is 10.4 Å². The van der Waals surface area contributed by atoms with Crippen molar-refractivity contribution < 1.29 is 18.7 Å². The summed E-state index contributed by atoms with van der Waals surface area (Å²) in [7, 11) is 0. The number of carbonyl (C=O) groups is 1.